The molecule has 0 spiro atoms. The number of nitrogens with one attached hydrogen (secondary N) is 2. The van der Waals surface area contributed by atoms with E-state index in [0.717, 1.165) is 25.8 Å². The third-order valence-corrected chi connectivity index (χ3v) is 4.36. The zero-order chi connectivity index (χ0) is 14.0. The lowest BCUT2D eigenvalue weighted by Gasteiger charge is -2.18. The Bertz CT molecular complexity index is 259. The number of rotatable bonds is 10. The summed E-state index contributed by atoms with van der Waals surface area (Å²) in [6.07, 6.45) is 2.85. The molecule has 0 saturated carbocycles. The van der Waals surface area contributed by atoms with Gasteiger partial charge in [-0.2, -0.15) is 0 Å². The Morgan fingerprint density at radius 1 is 1.17 bits per heavy atom. The molecule has 0 aromatic carbocycles. The topological polar surface area (TPSA) is 58.2 Å². The molecule has 108 valence electrons. The van der Waals surface area contributed by atoms with E-state index < -0.39 is 10.8 Å². The number of carbonyl (C=O) groups excluding carboxylic acids is 1. The zero-order valence-corrected chi connectivity index (χ0v) is 12.9. The molecule has 0 aromatic heterocycles. The lowest BCUT2D eigenvalue weighted by molar-refractivity contribution is -0.118. The van der Waals surface area contributed by atoms with Crippen LogP contribution in [0.4, 0.5) is 0 Å². The van der Waals surface area contributed by atoms with Gasteiger partial charge in [-0.05, 0) is 32.7 Å². The Balaban J connectivity index is 3.91. The summed E-state index contributed by atoms with van der Waals surface area (Å²) in [5.41, 5.74) is 0. The minimum absolute atomic E-state index is 0.0525. The second kappa shape index (κ2) is 10.5. The number of carbonyl (C=O) groups is 1. The highest BCUT2D eigenvalue weighted by molar-refractivity contribution is 7.86. The Kier molecular flexibility index (Phi) is 10.3. The molecule has 4 nitrogen and oxygen atoms in total. The Morgan fingerprint density at radius 2 is 1.78 bits per heavy atom. The molecular formula is C13H28N2O2S. The van der Waals surface area contributed by atoms with Crippen molar-refractivity contribution in [3.8, 4) is 0 Å². The molecule has 1 amide bonds. The number of amides is 1. The number of hydrogen-bond donors (Lipinski definition) is 2. The van der Waals surface area contributed by atoms with Crippen LogP contribution in [-0.2, 0) is 15.6 Å². The van der Waals surface area contributed by atoms with Gasteiger partial charge >= 0.3 is 0 Å². The van der Waals surface area contributed by atoms with Gasteiger partial charge in [-0.15, -0.1) is 0 Å². The Labute approximate surface area is 114 Å². The molecule has 0 saturated heterocycles. The van der Waals surface area contributed by atoms with Crippen molar-refractivity contribution in [2.24, 2.45) is 0 Å². The van der Waals surface area contributed by atoms with Crippen LogP contribution in [0.1, 0.15) is 47.0 Å². The van der Waals surface area contributed by atoms with Crippen molar-refractivity contribution in [1.29, 1.82) is 0 Å². The summed E-state index contributed by atoms with van der Waals surface area (Å²) >= 11 is 0. The molecular weight excluding hydrogens is 248 g/mol. The van der Waals surface area contributed by atoms with Gasteiger partial charge < -0.3 is 10.6 Å². The van der Waals surface area contributed by atoms with Gasteiger partial charge in [0.2, 0.25) is 5.91 Å². The first-order valence-corrected chi connectivity index (χ1v) is 8.26. The van der Waals surface area contributed by atoms with Crippen LogP contribution in [0.2, 0.25) is 0 Å². The molecule has 3 atom stereocenters. The minimum atomic E-state index is -1.08. The Hall–Kier alpha value is -0.420. The van der Waals surface area contributed by atoms with Gasteiger partial charge in [0.1, 0.15) is 5.75 Å². The maximum Gasteiger partial charge on any atom is 0.232 e. The van der Waals surface area contributed by atoms with Crippen LogP contribution >= 0.6 is 0 Å². The third kappa shape index (κ3) is 8.64. The molecule has 0 radical (unpaired) electrons. The molecule has 0 bridgehead atoms. The van der Waals surface area contributed by atoms with Crippen LogP contribution in [0, 0.1) is 0 Å². The van der Waals surface area contributed by atoms with E-state index >= 15 is 0 Å². The maximum absolute atomic E-state index is 11.9. The third-order valence-electron chi connectivity index (χ3n) is 2.72. The van der Waals surface area contributed by atoms with Crippen molar-refractivity contribution < 1.29 is 9.00 Å². The first-order valence-electron chi connectivity index (χ1n) is 6.88. The van der Waals surface area contributed by atoms with Crippen molar-refractivity contribution in [3.05, 3.63) is 0 Å². The van der Waals surface area contributed by atoms with Gasteiger partial charge in [0.25, 0.3) is 0 Å². The molecule has 0 aliphatic rings. The summed E-state index contributed by atoms with van der Waals surface area (Å²) in [7, 11) is -1.08. The second-order valence-corrected chi connectivity index (χ2v) is 6.63. The smallest absolute Gasteiger partial charge is 0.232 e. The van der Waals surface area contributed by atoms with Crippen LogP contribution in [-0.4, -0.2) is 40.3 Å². The molecule has 2 N–H and O–H groups in total. The van der Waals surface area contributed by atoms with Gasteiger partial charge in [0, 0.05) is 28.6 Å². The molecule has 3 unspecified atom stereocenters. The summed E-state index contributed by atoms with van der Waals surface area (Å²) in [5.74, 6) is 0.0259. The van der Waals surface area contributed by atoms with E-state index in [0.29, 0.717) is 12.6 Å². The summed E-state index contributed by atoms with van der Waals surface area (Å²) in [6.45, 7) is 9.82. The lowest BCUT2D eigenvalue weighted by atomic mass is 10.2. The van der Waals surface area contributed by atoms with E-state index in [1.165, 1.54) is 0 Å². The molecule has 0 fully saturated rings. The van der Waals surface area contributed by atoms with Crippen molar-refractivity contribution >= 4 is 16.7 Å². The van der Waals surface area contributed by atoms with Crippen LogP contribution in [0.3, 0.4) is 0 Å². The van der Waals surface area contributed by atoms with Crippen molar-refractivity contribution in [1.82, 2.24) is 10.6 Å². The quantitative estimate of drug-likeness (QED) is 0.634. The predicted octanol–water partition coefficient (Wildman–Crippen LogP) is 1.43. The summed E-state index contributed by atoms with van der Waals surface area (Å²) < 4.78 is 11.9. The molecule has 5 heteroatoms. The van der Waals surface area contributed by atoms with Crippen LogP contribution in [0.15, 0.2) is 0 Å². The largest absolute Gasteiger partial charge is 0.355 e. The fourth-order valence-electron chi connectivity index (χ4n) is 1.67. The lowest BCUT2D eigenvalue weighted by Crippen LogP contribution is -2.35. The minimum Gasteiger partial charge on any atom is -0.355 e. The van der Waals surface area contributed by atoms with E-state index in [2.05, 4.69) is 24.5 Å². The maximum atomic E-state index is 11.9. The summed E-state index contributed by atoms with van der Waals surface area (Å²) in [4.78, 5) is 11.5. The monoisotopic (exact) mass is 276 g/mol. The van der Waals surface area contributed by atoms with Gasteiger partial charge in [-0.25, -0.2) is 0 Å². The normalized spacial score (nSPS) is 16.0. The average molecular weight is 276 g/mol. The molecule has 0 aromatic rings. The van der Waals surface area contributed by atoms with Gasteiger partial charge in [0.15, 0.2) is 0 Å². The van der Waals surface area contributed by atoms with Gasteiger partial charge in [-0.1, -0.05) is 20.8 Å². The van der Waals surface area contributed by atoms with Crippen molar-refractivity contribution in [3.63, 3.8) is 0 Å². The Morgan fingerprint density at radius 3 is 2.33 bits per heavy atom. The zero-order valence-electron chi connectivity index (χ0n) is 12.1. The fraction of sp³-hybridized carbons (Fsp3) is 0.923. The standard InChI is InChI=1S/C13H28N2O2S/c1-5-7-14-11(3)9-12(4)18(17)10-13(16)15-8-6-2/h11-12,14H,5-10H2,1-4H3,(H,15,16). The summed E-state index contributed by atoms with van der Waals surface area (Å²) in [5, 5.41) is 6.18. The highest BCUT2D eigenvalue weighted by atomic mass is 32.2. The van der Waals surface area contributed by atoms with Crippen LogP contribution < -0.4 is 10.6 Å². The first kappa shape index (κ1) is 17.6. The van der Waals surface area contributed by atoms with E-state index in [1.54, 1.807) is 0 Å². The SMILES string of the molecule is CCCNC(=O)CS(=O)C(C)CC(C)NCCC. The van der Waals surface area contributed by atoms with Crippen molar-refractivity contribution in [2.45, 2.75) is 58.2 Å². The van der Waals surface area contributed by atoms with Crippen LogP contribution in [0.25, 0.3) is 0 Å². The second-order valence-electron chi connectivity index (χ2n) is 4.78. The molecule has 0 aliphatic heterocycles. The predicted molar refractivity (Wildman–Crippen MR) is 78.1 cm³/mol. The highest BCUT2D eigenvalue weighted by Gasteiger charge is 2.17. The molecule has 0 aliphatic carbocycles. The van der Waals surface area contributed by atoms with Crippen LogP contribution in [0.5, 0.6) is 0 Å². The molecule has 18 heavy (non-hydrogen) atoms. The fourth-order valence-corrected chi connectivity index (χ4v) is 2.81. The van der Waals surface area contributed by atoms with Gasteiger partial charge in [-0.3, -0.25) is 9.00 Å². The first-order chi connectivity index (χ1) is 8.51. The van der Waals surface area contributed by atoms with Gasteiger partial charge in [0.05, 0.1) is 0 Å². The highest BCUT2D eigenvalue weighted by Crippen LogP contribution is 2.05. The van der Waals surface area contributed by atoms with E-state index in [4.69, 9.17) is 0 Å². The van der Waals surface area contributed by atoms with E-state index in [9.17, 15) is 9.00 Å². The van der Waals surface area contributed by atoms with Crippen molar-refractivity contribution in [2.75, 3.05) is 18.8 Å². The molecule has 0 heterocycles. The molecule has 0 rings (SSSR count). The van der Waals surface area contributed by atoms with E-state index in [-0.39, 0.29) is 16.9 Å². The number of hydrogen-bond acceptors (Lipinski definition) is 3. The summed E-state index contributed by atoms with van der Waals surface area (Å²) in [6, 6.07) is 0.350. The average Bonchev–Trinajstić information content (AvgIpc) is 2.33. The van der Waals surface area contributed by atoms with E-state index in [1.807, 2.05) is 13.8 Å².